The van der Waals surface area contributed by atoms with Gasteiger partial charge < -0.3 is 5.32 Å². The van der Waals surface area contributed by atoms with E-state index in [0.717, 1.165) is 37.3 Å². The summed E-state index contributed by atoms with van der Waals surface area (Å²) in [7, 11) is 0. The topological polar surface area (TPSA) is 42.7 Å². The Labute approximate surface area is 127 Å². The first kappa shape index (κ1) is 15.7. The van der Waals surface area contributed by atoms with Crippen molar-refractivity contribution in [3.05, 3.63) is 41.3 Å². The van der Waals surface area contributed by atoms with E-state index in [-0.39, 0.29) is 0 Å². The lowest BCUT2D eigenvalue weighted by Gasteiger charge is -2.14. The second-order valence-corrected chi connectivity index (χ2v) is 5.37. The van der Waals surface area contributed by atoms with Crippen molar-refractivity contribution in [1.82, 2.24) is 20.1 Å². The lowest BCUT2D eigenvalue weighted by atomic mass is 10.1. The fraction of sp³-hybridized carbons (Fsp3) is 0.529. The van der Waals surface area contributed by atoms with Crippen molar-refractivity contribution in [2.24, 2.45) is 0 Å². The SMILES string of the molecule is CCCNC(C)c1ccnc(-n2nc(CC)cc2CC)c1. The Bertz CT molecular complexity index is 574. The molecule has 1 N–H and O–H groups in total. The van der Waals surface area contributed by atoms with Gasteiger partial charge in [0.2, 0.25) is 0 Å². The van der Waals surface area contributed by atoms with Gasteiger partial charge in [0.1, 0.15) is 0 Å². The molecule has 2 aromatic heterocycles. The van der Waals surface area contributed by atoms with E-state index in [1.807, 2.05) is 10.9 Å². The molecule has 1 unspecified atom stereocenters. The Hall–Kier alpha value is -1.68. The average molecular weight is 286 g/mol. The molecule has 1 atom stereocenters. The molecule has 0 amide bonds. The van der Waals surface area contributed by atoms with E-state index in [4.69, 9.17) is 0 Å². The molecule has 0 fully saturated rings. The lowest BCUT2D eigenvalue weighted by Crippen LogP contribution is -2.19. The molecule has 4 heteroatoms. The largest absolute Gasteiger partial charge is 0.310 e. The maximum Gasteiger partial charge on any atom is 0.153 e. The van der Waals surface area contributed by atoms with E-state index >= 15 is 0 Å². The molecule has 0 saturated heterocycles. The van der Waals surface area contributed by atoms with E-state index in [9.17, 15) is 0 Å². The molecule has 114 valence electrons. The van der Waals surface area contributed by atoms with E-state index in [2.05, 4.69) is 61.3 Å². The highest BCUT2D eigenvalue weighted by atomic mass is 15.3. The smallest absolute Gasteiger partial charge is 0.153 e. The molecule has 2 aromatic rings. The molecule has 2 rings (SSSR count). The second-order valence-electron chi connectivity index (χ2n) is 5.37. The second kappa shape index (κ2) is 7.36. The Morgan fingerprint density at radius 3 is 2.67 bits per heavy atom. The van der Waals surface area contributed by atoms with Crippen LogP contribution in [0, 0.1) is 0 Å². The summed E-state index contributed by atoms with van der Waals surface area (Å²) in [5.41, 5.74) is 3.59. The van der Waals surface area contributed by atoms with Crippen LogP contribution in [0.4, 0.5) is 0 Å². The average Bonchev–Trinajstić information content (AvgIpc) is 2.96. The fourth-order valence-electron chi connectivity index (χ4n) is 2.40. The highest BCUT2D eigenvalue weighted by Crippen LogP contribution is 2.17. The van der Waals surface area contributed by atoms with E-state index < -0.39 is 0 Å². The van der Waals surface area contributed by atoms with Crippen LogP contribution in [0.3, 0.4) is 0 Å². The Kier molecular flexibility index (Phi) is 5.51. The molecule has 21 heavy (non-hydrogen) atoms. The van der Waals surface area contributed by atoms with Crippen molar-refractivity contribution in [3.63, 3.8) is 0 Å². The summed E-state index contributed by atoms with van der Waals surface area (Å²) in [4.78, 5) is 4.50. The van der Waals surface area contributed by atoms with Crippen LogP contribution < -0.4 is 5.32 Å². The number of nitrogens with one attached hydrogen (secondary N) is 1. The van der Waals surface area contributed by atoms with Crippen molar-refractivity contribution in [2.45, 2.75) is 53.0 Å². The molecule has 4 nitrogen and oxygen atoms in total. The summed E-state index contributed by atoms with van der Waals surface area (Å²) in [6.07, 6.45) is 4.93. The van der Waals surface area contributed by atoms with Crippen LogP contribution in [-0.2, 0) is 12.8 Å². The molecule has 0 radical (unpaired) electrons. The number of hydrogen-bond donors (Lipinski definition) is 1. The predicted molar refractivity (Wildman–Crippen MR) is 86.8 cm³/mol. The van der Waals surface area contributed by atoms with Gasteiger partial charge >= 0.3 is 0 Å². The van der Waals surface area contributed by atoms with Gasteiger partial charge in [-0.2, -0.15) is 5.10 Å². The summed E-state index contributed by atoms with van der Waals surface area (Å²) in [5, 5.41) is 8.18. The van der Waals surface area contributed by atoms with Crippen molar-refractivity contribution in [3.8, 4) is 5.82 Å². The number of aromatic nitrogens is 3. The highest BCUT2D eigenvalue weighted by Gasteiger charge is 2.11. The third-order valence-electron chi connectivity index (χ3n) is 3.75. The van der Waals surface area contributed by atoms with Gasteiger partial charge in [-0.1, -0.05) is 20.8 Å². The van der Waals surface area contributed by atoms with Crippen LogP contribution in [-0.4, -0.2) is 21.3 Å². The van der Waals surface area contributed by atoms with Crippen molar-refractivity contribution < 1.29 is 0 Å². The molecule has 0 aromatic carbocycles. The van der Waals surface area contributed by atoms with Crippen molar-refractivity contribution in [2.75, 3.05) is 6.54 Å². The quantitative estimate of drug-likeness (QED) is 0.847. The number of aryl methyl sites for hydroxylation is 2. The van der Waals surface area contributed by atoms with Gasteiger partial charge in [0.25, 0.3) is 0 Å². The van der Waals surface area contributed by atoms with Gasteiger partial charge in [0, 0.05) is 17.9 Å². The minimum atomic E-state index is 0.331. The Balaban J connectivity index is 2.30. The Morgan fingerprint density at radius 1 is 1.19 bits per heavy atom. The van der Waals surface area contributed by atoms with Crippen LogP contribution in [0.15, 0.2) is 24.4 Å². The van der Waals surface area contributed by atoms with E-state index in [1.54, 1.807) is 0 Å². The maximum absolute atomic E-state index is 4.67. The summed E-state index contributed by atoms with van der Waals surface area (Å²) >= 11 is 0. The van der Waals surface area contributed by atoms with Crippen LogP contribution in [0.5, 0.6) is 0 Å². The van der Waals surface area contributed by atoms with E-state index in [1.165, 1.54) is 11.3 Å². The van der Waals surface area contributed by atoms with Gasteiger partial charge in [0.15, 0.2) is 5.82 Å². The zero-order chi connectivity index (χ0) is 15.2. The predicted octanol–water partition coefficient (Wildman–Crippen LogP) is 3.45. The van der Waals surface area contributed by atoms with Gasteiger partial charge in [-0.25, -0.2) is 9.67 Å². The molecule has 0 aliphatic rings. The van der Waals surface area contributed by atoms with Gasteiger partial charge in [0.05, 0.1) is 5.69 Å². The number of nitrogens with zero attached hydrogens (tertiary/aromatic N) is 3. The molecule has 0 spiro atoms. The zero-order valence-electron chi connectivity index (χ0n) is 13.6. The van der Waals surface area contributed by atoms with Crippen molar-refractivity contribution in [1.29, 1.82) is 0 Å². The highest BCUT2D eigenvalue weighted by molar-refractivity contribution is 5.31. The van der Waals surface area contributed by atoms with Crippen molar-refractivity contribution >= 4 is 0 Å². The minimum absolute atomic E-state index is 0.331. The van der Waals surface area contributed by atoms with Crippen LogP contribution in [0.25, 0.3) is 5.82 Å². The fourth-order valence-corrected chi connectivity index (χ4v) is 2.40. The standard InChI is InChI=1S/C17H26N4/c1-5-9-18-13(4)14-8-10-19-17(11-14)21-16(7-3)12-15(6-2)20-21/h8,10-13,18H,5-7,9H2,1-4H3. The monoisotopic (exact) mass is 286 g/mol. The zero-order valence-corrected chi connectivity index (χ0v) is 13.6. The molecule has 2 heterocycles. The first-order chi connectivity index (χ1) is 10.2. The van der Waals surface area contributed by atoms with Crippen LogP contribution in [0.1, 0.15) is 57.1 Å². The summed E-state index contributed by atoms with van der Waals surface area (Å²) in [5.74, 6) is 0.911. The van der Waals surface area contributed by atoms with Gasteiger partial charge in [-0.15, -0.1) is 0 Å². The molecular formula is C17H26N4. The molecule has 0 bridgehead atoms. The van der Waals surface area contributed by atoms with Crippen LogP contribution >= 0.6 is 0 Å². The first-order valence-corrected chi connectivity index (χ1v) is 7.97. The Morgan fingerprint density at radius 2 is 2.00 bits per heavy atom. The number of hydrogen-bond acceptors (Lipinski definition) is 3. The third kappa shape index (κ3) is 3.70. The first-order valence-electron chi connectivity index (χ1n) is 7.97. The molecule has 0 saturated carbocycles. The molecule has 0 aliphatic heterocycles. The summed E-state index contributed by atoms with van der Waals surface area (Å²) in [6.45, 7) is 9.69. The molecular weight excluding hydrogens is 260 g/mol. The summed E-state index contributed by atoms with van der Waals surface area (Å²) in [6, 6.07) is 6.72. The number of pyridine rings is 1. The number of rotatable bonds is 7. The molecule has 0 aliphatic carbocycles. The lowest BCUT2D eigenvalue weighted by molar-refractivity contribution is 0.569. The third-order valence-corrected chi connectivity index (χ3v) is 3.75. The van der Waals surface area contributed by atoms with Crippen LogP contribution in [0.2, 0.25) is 0 Å². The minimum Gasteiger partial charge on any atom is -0.310 e. The van der Waals surface area contributed by atoms with Gasteiger partial charge in [-0.3, -0.25) is 0 Å². The van der Waals surface area contributed by atoms with Gasteiger partial charge in [-0.05, 0) is 56.5 Å². The van der Waals surface area contributed by atoms with E-state index in [0.29, 0.717) is 6.04 Å². The summed E-state index contributed by atoms with van der Waals surface area (Å²) < 4.78 is 1.98. The maximum atomic E-state index is 4.67. The normalized spacial score (nSPS) is 12.6.